The lowest BCUT2D eigenvalue weighted by atomic mass is 10.3. The maximum Gasteiger partial charge on any atom is 0.218 e. The number of aliphatic imine (C=N–C) groups is 1. The molecule has 0 saturated heterocycles. The molecule has 25 heavy (non-hydrogen) atoms. The van der Waals surface area contributed by atoms with Crippen LogP contribution in [0.5, 0.6) is 5.88 Å². The van der Waals surface area contributed by atoms with Gasteiger partial charge in [-0.2, -0.15) is 0 Å². The molecule has 0 atom stereocenters. The van der Waals surface area contributed by atoms with E-state index in [0.717, 1.165) is 29.5 Å². The van der Waals surface area contributed by atoms with Crippen LogP contribution >= 0.6 is 35.3 Å². The van der Waals surface area contributed by atoms with Crippen LogP contribution in [0.3, 0.4) is 0 Å². The molecule has 0 radical (unpaired) electrons. The molecule has 2 heterocycles. The Morgan fingerprint density at radius 3 is 2.76 bits per heavy atom. The zero-order valence-electron chi connectivity index (χ0n) is 14.9. The van der Waals surface area contributed by atoms with Crippen molar-refractivity contribution in [2.75, 3.05) is 13.2 Å². The molecule has 0 aromatic carbocycles. The molecule has 2 N–H and O–H groups in total. The molecule has 2 rings (SSSR count). The van der Waals surface area contributed by atoms with Crippen molar-refractivity contribution in [3.05, 3.63) is 40.0 Å². The van der Waals surface area contributed by atoms with Crippen molar-refractivity contribution in [1.29, 1.82) is 0 Å². The first-order valence-electron chi connectivity index (χ1n) is 8.29. The molecule has 6 nitrogen and oxygen atoms in total. The lowest BCUT2D eigenvalue weighted by molar-refractivity contribution is 0.323. The number of hydrogen-bond donors (Lipinski definition) is 2. The molecule has 0 aliphatic heterocycles. The van der Waals surface area contributed by atoms with Gasteiger partial charge in [0.25, 0.3) is 0 Å². The van der Waals surface area contributed by atoms with E-state index < -0.39 is 0 Å². The number of nitrogens with zero attached hydrogens (tertiary/aromatic N) is 3. The SMILES string of the molecule is CCNC(=NCc1cccnc1OCC)NCc1ncc(CC)s1.I. The number of thiazole rings is 1. The summed E-state index contributed by atoms with van der Waals surface area (Å²) in [7, 11) is 0. The molecule has 0 spiro atoms. The van der Waals surface area contributed by atoms with Gasteiger partial charge in [-0.25, -0.2) is 15.0 Å². The molecule has 138 valence electrons. The van der Waals surface area contributed by atoms with Gasteiger partial charge < -0.3 is 15.4 Å². The smallest absolute Gasteiger partial charge is 0.218 e. The van der Waals surface area contributed by atoms with Gasteiger partial charge in [0.15, 0.2) is 5.96 Å². The Kier molecular flexibility index (Phi) is 10.4. The molecule has 0 aliphatic rings. The number of aromatic nitrogens is 2. The average Bonchev–Trinajstić information content (AvgIpc) is 3.07. The minimum Gasteiger partial charge on any atom is -0.478 e. The zero-order chi connectivity index (χ0) is 17.2. The zero-order valence-corrected chi connectivity index (χ0v) is 18.1. The summed E-state index contributed by atoms with van der Waals surface area (Å²) in [6, 6.07) is 3.88. The van der Waals surface area contributed by atoms with E-state index in [4.69, 9.17) is 4.74 Å². The van der Waals surface area contributed by atoms with E-state index in [0.29, 0.717) is 25.6 Å². The normalized spacial score (nSPS) is 10.9. The van der Waals surface area contributed by atoms with E-state index in [9.17, 15) is 0 Å². The molecule has 0 bridgehead atoms. The Morgan fingerprint density at radius 1 is 1.24 bits per heavy atom. The number of nitrogens with one attached hydrogen (secondary N) is 2. The summed E-state index contributed by atoms with van der Waals surface area (Å²) < 4.78 is 5.54. The van der Waals surface area contributed by atoms with Crippen LogP contribution in [0.25, 0.3) is 0 Å². The summed E-state index contributed by atoms with van der Waals surface area (Å²) in [6.45, 7) is 8.71. The van der Waals surface area contributed by atoms with E-state index in [1.165, 1.54) is 4.88 Å². The average molecular weight is 475 g/mol. The van der Waals surface area contributed by atoms with E-state index in [1.807, 2.05) is 32.2 Å². The fourth-order valence-corrected chi connectivity index (χ4v) is 2.87. The molecule has 0 aliphatic carbocycles. The molecule has 8 heteroatoms. The maximum absolute atomic E-state index is 5.54. The Bertz CT molecular complexity index is 662. The number of rotatable bonds is 8. The van der Waals surface area contributed by atoms with Gasteiger partial charge in [0, 0.05) is 29.4 Å². The van der Waals surface area contributed by atoms with E-state index in [-0.39, 0.29) is 24.0 Å². The van der Waals surface area contributed by atoms with Gasteiger partial charge in [-0.3, -0.25) is 0 Å². The van der Waals surface area contributed by atoms with Gasteiger partial charge in [0.05, 0.1) is 19.7 Å². The van der Waals surface area contributed by atoms with Gasteiger partial charge in [-0.1, -0.05) is 13.0 Å². The van der Waals surface area contributed by atoms with Crippen LogP contribution in [0.1, 0.15) is 36.2 Å². The second-order valence-corrected chi connectivity index (χ2v) is 6.22. The number of halogens is 1. The van der Waals surface area contributed by atoms with Crippen LogP contribution in [0.2, 0.25) is 0 Å². The number of pyridine rings is 1. The van der Waals surface area contributed by atoms with Crippen LogP contribution in [-0.2, 0) is 19.5 Å². The van der Waals surface area contributed by atoms with Crippen molar-refractivity contribution in [1.82, 2.24) is 20.6 Å². The summed E-state index contributed by atoms with van der Waals surface area (Å²) in [6.07, 6.45) is 4.69. The quantitative estimate of drug-likeness (QED) is 0.348. The van der Waals surface area contributed by atoms with Crippen LogP contribution in [0.4, 0.5) is 0 Å². The minimum absolute atomic E-state index is 0. The summed E-state index contributed by atoms with van der Waals surface area (Å²) in [5.41, 5.74) is 0.971. The Hall–Kier alpha value is -1.42. The summed E-state index contributed by atoms with van der Waals surface area (Å²) in [4.78, 5) is 14.6. The first-order valence-corrected chi connectivity index (χ1v) is 9.10. The topological polar surface area (TPSA) is 71.4 Å². The number of guanidine groups is 1. The second-order valence-electron chi connectivity index (χ2n) is 5.02. The highest BCUT2D eigenvalue weighted by Crippen LogP contribution is 2.15. The van der Waals surface area contributed by atoms with Crippen LogP contribution in [0, 0.1) is 0 Å². The van der Waals surface area contributed by atoms with E-state index in [2.05, 4.69) is 32.5 Å². The summed E-state index contributed by atoms with van der Waals surface area (Å²) in [5, 5.41) is 7.64. The van der Waals surface area contributed by atoms with Gasteiger partial charge in [0.1, 0.15) is 5.01 Å². The standard InChI is InChI=1S/C17H25N5OS.HI/c1-4-14-11-20-15(24-14)12-22-17(18-5-2)21-10-13-8-7-9-19-16(13)23-6-3;/h7-9,11H,4-6,10,12H2,1-3H3,(H2,18,21,22);1H. The highest BCUT2D eigenvalue weighted by atomic mass is 127. The molecule has 2 aromatic rings. The van der Waals surface area contributed by atoms with E-state index >= 15 is 0 Å². The van der Waals surface area contributed by atoms with Crippen molar-refractivity contribution >= 4 is 41.3 Å². The Balaban J connectivity index is 0.00000312. The lowest BCUT2D eigenvalue weighted by Crippen LogP contribution is -2.36. The summed E-state index contributed by atoms with van der Waals surface area (Å²) in [5.74, 6) is 1.41. The predicted molar refractivity (Wildman–Crippen MR) is 114 cm³/mol. The third-order valence-electron chi connectivity index (χ3n) is 3.24. The largest absolute Gasteiger partial charge is 0.478 e. The van der Waals surface area contributed by atoms with Crippen LogP contribution in [0.15, 0.2) is 29.5 Å². The van der Waals surface area contributed by atoms with Gasteiger partial charge in [0.2, 0.25) is 5.88 Å². The fraction of sp³-hybridized carbons (Fsp3) is 0.471. The summed E-state index contributed by atoms with van der Waals surface area (Å²) >= 11 is 1.73. The molecule has 0 unspecified atom stereocenters. The van der Waals surface area contributed by atoms with Crippen molar-refractivity contribution in [2.24, 2.45) is 4.99 Å². The molecule has 0 fully saturated rings. The monoisotopic (exact) mass is 475 g/mol. The maximum atomic E-state index is 5.54. The third-order valence-corrected chi connectivity index (χ3v) is 4.38. The highest BCUT2D eigenvalue weighted by Gasteiger charge is 2.05. The van der Waals surface area contributed by atoms with Crippen molar-refractivity contribution < 1.29 is 4.74 Å². The molecular weight excluding hydrogens is 449 g/mol. The van der Waals surface area contributed by atoms with Gasteiger partial charge in [-0.05, 0) is 26.3 Å². The van der Waals surface area contributed by atoms with Crippen molar-refractivity contribution in [3.8, 4) is 5.88 Å². The molecule has 2 aromatic heterocycles. The molecule has 0 saturated carbocycles. The lowest BCUT2D eigenvalue weighted by Gasteiger charge is -2.11. The number of aryl methyl sites for hydroxylation is 1. The second kappa shape index (κ2) is 12.0. The van der Waals surface area contributed by atoms with Crippen LogP contribution in [-0.4, -0.2) is 29.1 Å². The molecule has 0 amide bonds. The van der Waals surface area contributed by atoms with Crippen molar-refractivity contribution in [3.63, 3.8) is 0 Å². The first-order chi connectivity index (χ1) is 11.8. The van der Waals surface area contributed by atoms with Gasteiger partial charge in [-0.15, -0.1) is 35.3 Å². The Morgan fingerprint density at radius 2 is 2.08 bits per heavy atom. The number of ether oxygens (including phenoxy) is 1. The Labute approximate surface area is 170 Å². The predicted octanol–water partition coefficient (Wildman–Crippen LogP) is 3.37. The first kappa shape index (κ1) is 21.6. The minimum atomic E-state index is 0. The third kappa shape index (κ3) is 7.15. The molecular formula is C17H26IN5OS. The highest BCUT2D eigenvalue weighted by molar-refractivity contribution is 14.0. The van der Waals surface area contributed by atoms with Crippen molar-refractivity contribution in [2.45, 2.75) is 40.3 Å². The van der Waals surface area contributed by atoms with Crippen LogP contribution < -0.4 is 15.4 Å². The fourth-order valence-electron chi connectivity index (χ4n) is 2.07. The van der Waals surface area contributed by atoms with Gasteiger partial charge >= 0.3 is 0 Å². The van der Waals surface area contributed by atoms with E-state index in [1.54, 1.807) is 17.5 Å². The number of hydrogen-bond acceptors (Lipinski definition) is 5.